The van der Waals surface area contributed by atoms with Gasteiger partial charge in [-0.15, -0.1) is 6.58 Å². The molecule has 3 N–H and O–H groups in total. The lowest BCUT2D eigenvalue weighted by atomic mass is 9.78. The number of carbonyl (C=O) groups is 2. The first-order chi connectivity index (χ1) is 8.15. The first-order valence-corrected chi connectivity index (χ1v) is 6.33. The van der Waals surface area contributed by atoms with Gasteiger partial charge >= 0.3 is 0 Å². The quantitative estimate of drug-likeness (QED) is 0.548. The second-order valence-electron chi connectivity index (χ2n) is 5.16. The van der Waals surface area contributed by atoms with Crippen LogP contribution in [-0.4, -0.2) is 18.4 Å². The normalized spacial score (nSPS) is 34.6. The number of primary amides is 1. The van der Waals surface area contributed by atoms with Crippen LogP contribution in [0.15, 0.2) is 12.7 Å². The minimum atomic E-state index is -0.305. The molecule has 0 saturated heterocycles. The molecule has 2 saturated carbocycles. The molecular formula is C13H20N2O2. The molecule has 2 bridgehead atoms. The van der Waals surface area contributed by atoms with E-state index in [0.717, 1.165) is 25.7 Å². The molecule has 4 nitrogen and oxygen atoms in total. The molecule has 94 valence electrons. The lowest BCUT2D eigenvalue weighted by Crippen LogP contribution is -2.43. The third-order valence-corrected chi connectivity index (χ3v) is 4.20. The first-order valence-electron chi connectivity index (χ1n) is 6.33. The van der Waals surface area contributed by atoms with Crippen molar-refractivity contribution < 1.29 is 9.59 Å². The Kier molecular flexibility index (Phi) is 3.50. The number of rotatable bonds is 5. The van der Waals surface area contributed by atoms with Crippen LogP contribution >= 0.6 is 0 Å². The third kappa shape index (κ3) is 2.21. The summed E-state index contributed by atoms with van der Waals surface area (Å²) in [6.45, 7) is 4.21. The van der Waals surface area contributed by atoms with Crippen molar-refractivity contribution in [1.29, 1.82) is 0 Å². The van der Waals surface area contributed by atoms with E-state index >= 15 is 0 Å². The lowest BCUT2D eigenvalue weighted by Gasteiger charge is -2.27. The van der Waals surface area contributed by atoms with Crippen LogP contribution in [-0.2, 0) is 9.59 Å². The topological polar surface area (TPSA) is 72.2 Å². The van der Waals surface area contributed by atoms with E-state index in [1.807, 2.05) is 0 Å². The SMILES string of the molecule is C=CCCNC(=O)C1C2CCC(C2)C1C(N)=O. The molecule has 2 fully saturated rings. The maximum atomic E-state index is 12.1. The molecule has 0 spiro atoms. The van der Waals surface area contributed by atoms with Gasteiger partial charge in [0, 0.05) is 6.54 Å². The Bertz CT molecular complexity index is 340. The minimum absolute atomic E-state index is 0.00264. The van der Waals surface area contributed by atoms with E-state index in [-0.39, 0.29) is 23.7 Å². The molecule has 4 unspecified atom stereocenters. The number of hydrogen-bond acceptors (Lipinski definition) is 2. The van der Waals surface area contributed by atoms with Crippen LogP contribution in [0.1, 0.15) is 25.7 Å². The summed E-state index contributed by atoms with van der Waals surface area (Å²) in [5, 5.41) is 2.88. The van der Waals surface area contributed by atoms with E-state index in [2.05, 4.69) is 11.9 Å². The van der Waals surface area contributed by atoms with Gasteiger partial charge in [0.25, 0.3) is 0 Å². The van der Waals surface area contributed by atoms with Gasteiger partial charge in [0.05, 0.1) is 11.8 Å². The molecule has 0 heterocycles. The van der Waals surface area contributed by atoms with Crippen LogP contribution in [0, 0.1) is 23.7 Å². The van der Waals surface area contributed by atoms with Crippen molar-refractivity contribution in [2.45, 2.75) is 25.7 Å². The average Bonchev–Trinajstić information content (AvgIpc) is 2.88. The van der Waals surface area contributed by atoms with Crippen molar-refractivity contribution in [2.24, 2.45) is 29.4 Å². The van der Waals surface area contributed by atoms with Crippen molar-refractivity contribution in [2.75, 3.05) is 6.54 Å². The third-order valence-electron chi connectivity index (χ3n) is 4.20. The van der Waals surface area contributed by atoms with Crippen molar-refractivity contribution in [1.82, 2.24) is 5.32 Å². The molecule has 0 aromatic rings. The van der Waals surface area contributed by atoms with Crippen LogP contribution < -0.4 is 11.1 Å². The van der Waals surface area contributed by atoms with Gasteiger partial charge in [-0.1, -0.05) is 6.08 Å². The molecule has 17 heavy (non-hydrogen) atoms. The van der Waals surface area contributed by atoms with Gasteiger partial charge in [-0.2, -0.15) is 0 Å². The molecule has 0 aromatic heterocycles. The number of amides is 2. The summed E-state index contributed by atoms with van der Waals surface area (Å²) >= 11 is 0. The van der Waals surface area contributed by atoms with Gasteiger partial charge in [0.2, 0.25) is 11.8 Å². The number of hydrogen-bond donors (Lipinski definition) is 2. The summed E-state index contributed by atoms with van der Waals surface area (Å²) in [5.74, 6) is -0.0219. The fraction of sp³-hybridized carbons (Fsp3) is 0.692. The van der Waals surface area contributed by atoms with Crippen molar-refractivity contribution >= 4 is 11.8 Å². The molecule has 4 atom stereocenters. The molecule has 0 radical (unpaired) electrons. The van der Waals surface area contributed by atoms with Gasteiger partial charge in [-0.25, -0.2) is 0 Å². The standard InChI is InChI=1S/C13H20N2O2/c1-2-3-6-15-13(17)11-9-5-4-8(7-9)10(11)12(14)16/h2,8-11H,1,3-7H2,(H2,14,16)(H,15,17). The fourth-order valence-electron chi connectivity index (χ4n) is 3.49. The van der Waals surface area contributed by atoms with E-state index in [0.29, 0.717) is 18.4 Å². The van der Waals surface area contributed by atoms with Gasteiger partial charge in [-0.3, -0.25) is 9.59 Å². The number of fused-ring (bicyclic) bond motifs is 2. The minimum Gasteiger partial charge on any atom is -0.369 e. The van der Waals surface area contributed by atoms with E-state index in [1.54, 1.807) is 6.08 Å². The van der Waals surface area contributed by atoms with E-state index < -0.39 is 0 Å². The highest BCUT2D eigenvalue weighted by atomic mass is 16.2. The molecule has 0 aromatic carbocycles. The second kappa shape index (κ2) is 4.90. The Morgan fingerprint density at radius 3 is 2.53 bits per heavy atom. The van der Waals surface area contributed by atoms with Crippen molar-refractivity contribution in [3.8, 4) is 0 Å². The summed E-state index contributed by atoms with van der Waals surface area (Å²) in [5.41, 5.74) is 5.43. The molecule has 4 heteroatoms. The molecular weight excluding hydrogens is 216 g/mol. The van der Waals surface area contributed by atoms with Crippen LogP contribution in [0.5, 0.6) is 0 Å². The highest BCUT2D eigenvalue weighted by molar-refractivity contribution is 5.88. The second-order valence-corrected chi connectivity index (χ2v) is 5.16. The van der Waals surface area contributed by atoms with E-state index in [4.69, 9.17) is 5.73 Å². The zero-order valence-corrected chi connectivity index (χ0v) is 10.0. The summed E-state index contributed by atoms with van der Waals surface area (Å²) < 4.78 is 0. The first kappa shape index (κ1) is 12.1. The number of carbonyl (C=O) groups excluding carboxylic acids is 2. The molecule has 2 aliphatic rings. The number of nitrogens with two attached hydrogens (primary N) is 1. The van der Waals surface area contributed by atoms with E-state index in [1.165, 1.54) is 0 Å². The van der Waals surface area contributed by atoms with Crippen LogP contribution in [0.3, 0.4) is 0 Å². The Morgan fingerprint density at radius 1 is 1.29 bits per heavy atom. The Morgan fingerprint density at radius 2 is 1.94 bits per heavy atom. The largest absolute Gasteiger partial charge is 0.369 e. The smallest absolute Gasteiger partial charge is 0.224 e. The van der Waals surface area contributed by atoms with Crippen molar-refractivity contribution in [3.05, 3.63) is 12.7 Å². The molecule has 0 aliphatic heterocycles. The van der Waals surface area contributed by atoms with Gasteiger partial charge in [0.1, 0.15) is 0 Å². The monoisotopic (exact) mass is 236 g/mol. The maximum Gasteiger partial charge on any atom is 0.224 e. The zero-order chi connectivity index (χ0) is 12.4. The highest BCUT2D eigenvalue weighted by Gasteiger charge is 2.52. The van der Waals surface area contributed by atoms with Crippen LogP contribution in [0.2, 0.25) is 0 Å². The van der Waals surface area contributed by atoms with Gasteiger partial charge in [0.15, 0.2) is 0 Å². The van der Waals surface area contributed by atoms with Crippen LogP contribution in [0.25, 0.3) is 0 Å². The number of nitrogens with one attached hydrogen (secondary N) is 1. The maximum absolute atomic E-state index is 12.1. The summed E-state index contributed by atoms with van der Waals surface area (Å²) in [6.07, 6.45) is 5.64. The van der Waals surface area contributed by atoms with Crippen molar-refractivity contribution in [3.63, 3.8) is 0 Å². The molecule has 2 amide bonds. The molecule has 2 aliphatic carbocycles. The zero-order valence-electron chi connectivity index (χ0n) is 10.0. The Balaban J connectivity index is 2.00. The van der Waals surface area contributed by atoms with Crippen LogP contribution in [0.4, 0.5) is 0 Å². The summed E-state index contributed by atoms with van der Waals surface area (Å²) in [4.78, 5) is 23.5. The lowest BCUT2D eigenvalue weighted by molar-refractivity contribution is -0.135. The summed E-state index contributed by atoms with van der Waals surface area (Å²) in [7, 11) is 0. The average molecular weight is 236 g/mol. The van der Waals surface area contributed by atoms with E-state index in [9.17, 15) is 9.59 Å². The van der Waals surface area contributed by atoms with Gasteiger partial charge < -0.3 is 11.1 Å². The highest BCUT2D eigenvalue weighted by Crippen LogP contribution is 2.52. The molecule has 2 rings (SSSR count). The Labute approximate surface area is 102 Å². The van der Waals surface area contributed by atoms with Gasteiger partial charge in [-0.05, 0) is 37.5 Å². The summed E-state index contributed by atoms with van der Waals surface area (Å²) in [6, 6.07) is 0. The fourth-order valence-corrected chi connectivity index (χ4v) is 3.49. The Hall–Kier alpha value is -1.32. The predicted octanol–water partition coefficient (Wildman–Crippen LogP) is 0.826. The predicted molar refractivity (Wildman–Crippen MR) is 64.8 cm³/mol.